The van der Waals surface area contributed by atoms with Crippen LogP contribution in [0.5, 0.6) is 5.75 Å². The first-order valence-corrected chi connectivity index (χ1v) is 9.14. The predicted octanol–water partition coefficient (Wildman–Crippen LogP) is 4.37. The standard InChI is InChI=1S/C22H26N4O/c1-16-5-4-6-19(13-16)15-24-22-14-21(25-17(2)26-22)23-12-11-18-7-9-20(27-3)10-8-18/h4-10,13-14H,11-12,15H2,1-3H3,(H2,23,24,25,26). The molecule has 2 aromatic carbocycles. The van der Waals surface area contributed by atoms with Gasteiger partial charge in [-0.15, -0.1) is 0 Å². The van der Waals surface area contributed by atoms with Crippen molar-refractivity contribution in [2.45, 2.75) is 26.8 Å². The maximum Gasteiger partial charge on any atom is 0.132 e. The molecule has 1 heterocycles. The molecule has 0 saturated carbocycles. The number of rotatable bonds is 8. The van der Waals surface area contributed by atoms with Crippen LogP contribution in [0.3, 0.4) is 0 Å². The Kier molecular flexibility index (Phi) is 6.26. The Morgan fingerprint density at radius 1 is 0.852 bits per heavy atom. The summed E-state index contributed by atoms with van der Waals surface area (Å²) in [5.41, 5.74) is 3.75. The topological polar surface area (TPSA) is 59.1 Å². The van der Waals surface area contributed by atoms with E-state index in [1.165, 1.54) is 16.7 Å². The van der Waals surface area contributed by atoms with Gasteiger partial charge in [-0.05, 0) is 43.5 Å². The van der Waals surface area contributed by atoms with Crippen molar-refractivity contribution in [3.63, 3.8) is 0 Å². The van der Waals surface area contributed by atoms with Gasteiger partial charge >= 0.3 is 0 Å². The highest BCUT2D eigenvalue weighted by Crippen LogP contribution is 2.14. The van der Waals surface area contributed by atoms with Gasteiger partial charge in [-0.3, -0.25) is 0 Å². The number of ether oxygens (including phenoxy) is 1. The van der Waals surface area contributed by atoms with Gasteiger partial charge in [-0.25, -0.2) is 9.97 Å². The first-order valence-electron chi connectivity index (χ1n) is 9.14. The lowest BCUT2D eigenvalue weighted by Gasteiger charge is -2.11. The van der Waals surface area contributed by atoms with Gasteiger partial charge in [0.15, 0.2) is 0 Å². The molecule has 0 aliphatic rings. The number of aromatic nitrogens is 2. The van der Waals surface area contributed by atoms with Crippen LogP contribution < -0.4 is 15.4 Å². The molecule has 1 aromatic heterocycles. The summed E-state index contributed by atoms with van der Waals surface area (Å²) in [6.07, 6.45) is 0.916. The molecule has 0 unspecified atom stereocenters. The molecule has 0 saturated heterocycles. The minimum Gasteiger partial charge on any atom is -0.497 e. The van der Waals surface area contributed by atoms with Crippen LogP contribution in [0.25, 0.3) is 0 Å². The number of benzene rings is 2. The van der Waals surface area contributed by atoms with Crippen LogP contribution in [0.1, 0.15) is 22.5 Å². The predicted molar refractivity (Wildman–Crippen MR) is 110 cm³/mol. The average Bonchev–Trinajstić information content (AvgIpc) is 2.67. The normalized spacial score (nSPS) is 10.5. The van der Waals surface area contributed by atoms with Crippen LogP contribution in [0, 0.1) is 13.8 Å². The molecule has 0 radical (unpaired) electrons. The van der Waals surface area contributed by atoms with Gasteiger partial charge in [0.1, 0.15) is 23.2 Å². The third-order valence-electron chi connectivity index (χ3n) is 4.27. The van der Waals surface area contributed by atoms with Crippen molar-refractivity contribution in [1.82, 2.24) is 9.97 Å². The highest BCUT2D eigenvalue weighted by molar-refractivity contribution is 5.48. The lowest BCUT2D eigenvalue weighted by Crippen LogP contribution is -2.09. The monoisotopic (exact) mass is 362 g/mol. The van der Waals surface area contributed by atoms with E-state index in [0.29, 0.717) is 0 Å². The Hall–Kier alpha value is -3.08. The summed E-state index contributed by atoms with van der Waals surface area (Å²) in [5.74, 6) is 3.29. The summed E-state index contributed by atoms with van der Waals surface area (Å²) < 4.78 is 5.19. The second-order valence-corrected chi connectivity index (χ2v) is 6.55. The van der Waals surface area contributed by atoms with Gasteiger partial charge in [0.05, 0.1) is 7.11 Å². The van der Waals surface area contributed by atoms with Crippen molar-refractivity contribution in [2.24, 2.45) is 0 Å². The van der Waals surface area contributed by atoms with Crippen LogP contribution in [-0.4, -0.2) is 23.6 Å². The van der Waals surface area contributed by atoms with Gasteiger partial charge in [-0.2, -0.15) is 0 Å². The molecule has 3 rings (SSSR count). The number of methoxy groups -OCH3 is 1. The Morgan fingerprint density at radius 3 is 2.30 bits per heavy atom. The van der Waals surface area contributed by atoms with Crippen LogP contribution in [0.2, 0.25) is 0 Å². The molecule has 5 heteroatoms. The molecule has 0 amide bonds. The summed E-state index contributed by atoms with van der Waals surface area (Å²) in [4.78, 5) is 8.96. The molecule has 0 aliphatic heterocycles. The molecule has 2 N–H and O–H groups in total. The van der Waals surface area contributed by atoms with Crippen molar-refractivity contribution in [3.05, 3.63) is 77.1 Å². The lowest BCUT2D eigenvalue weighted by molar-refractivity contribution is 0.414. The smallest absolute Gasteiger partial charge is 0.132 e. The number of anilines is 2. The van der Waals surface area contributed by atoms with Gasteiger partial charge in [-0.1, -0.05) is 42.0 Å². The molecule has 0 spiro atoms. The fourth-order valence-electron chi connectivity index (χ4n) is 2.89. The average molecular weight is 362 g/mol. The maximum absolute atomic E-state index is 5.19. The molecule has 0 atom stereocenters. The summed E-state index contributed by atoms with van der Waals surface area (Å²) >= 11 is 0. The van der Waals surface area contributed by atoms with Crippen molar-refractivity contribution in [1.29, 1.82) is 0 Å². The number of nitrogens with zero attached hydrogens (tertiary/aromatic N) is 2. The second kappa shape index (κ2) is 9.03. The lowest BCUT2D eigenvalue weighted by atomic mass is 10.1. The van der Waals surface area contributed by atoms with E-state index in [1.807, 2.05) is 25.1 Å². The molecular weight excluding hydrogens is 336 g/mol. The second-order valence-electron chi connectivity index (χ2n) is 6.55. The summed E-state index contributed by atoms with van der Waals surface area (Å²) in [6, 6.07) is 18.6. The molecule has 0 aliphatic carbocycles. The molecule has 0 bridgehead atoms. The van der Waals surface area contributed by atoms with E-state index in [1.54, 1.807) is 7.11 Å². The van der Waals surface area contributed by atoms with E-state index in [4.69, 9.17) is 4.74 Å². The highest BCUT2D eigenvalue weighted by atomic mass is 16.5. The zero-order valence-corrected chi connectivity index (χ0v) is 16.1. The first-order chi connectivity index (χ1) is 13.1. The highest BCUT2D eigenvalue weighted by Gasteiger charge is 2.03. The fourth-order valence-corrected chi connectivity index (χ4v) is 2.89. The van der Waals surface area contributed by atoms with E-state index in [9.17, 15) is 0 Å². The van der Waals surface area contributed by atoms with E-state index >= 15 is 0 Å². The minimum atomic E-state index is 0.740. The van der Waals surface area contributed by atoms with Gasteiger partial charge in [0.25, 0.3) is 0 Å². The van der Waals surface area contributed by atoms with Crippen LogP contribution >= 0.6 is 0 Å². The quantitative estimate of drug-likeness (QED) is 0.623. The van der Waals surface area contributed by atoms with Gasteiger partial charge < -0.3 is 15.4 Å². The Bertz CT molecular complexity index is 878. The summed E-state index contributed by atoms with van der Waals surface area (Å²) in [6.45, 7) is 5.55. The number of aryl methyl sites for hydroxylation is 2. The molecule has 0 fully saturated rings. The minimum absolute atomic E-state index is 0.740. The molecule has 27 heavy (non-hydrogen) atoms. The van der Waals surface area contributed by atoms with Gasteiger partial charge in [0.2, 0.25) is 0 Å². The summed E-state index contributed by atoms with van der Waals surface area (Å²) in [5, 5.41) is 6.77. The van der Waals surface area contributed by atoms with Crippen molar-refractivity contribution in [2.75, 3.05) is 24.3 Å². The van der Waals surface area contributed by atoms with Gasteiger partial charge in [0, 0.05) is 19.2 Å². The first kappa shape index (κ1) is 18.7. The molecule has 5 nitrogen and oxygen atoms in total. The summed E-state index contributed by atoms with van der Waals surface area (Å²) in [7, 11) is 1.68. The SMILES string of the molecule is COc1ccc(CCNc2cc(NCc3cccc(C)c3)nc(C)n2)cc1. The Balaban J connectivity index is 1.56. The van der Waals surface area contributed by atoms with Crippen molar-refractivity contribution >= 4 is 11.6 Å². The Labute approximate surface area is 160 Å². The van der Waals surface area contributed by atoms with E-state index in [2.05, 4.69) is 63.9 Å². The number of nitrogens with one attached hydrogen (secondary N) is 2. The fraction of sp³-hybridized carbons (Fsp3) is 0.273. The zero-order chi connectivity index (χ0) is 19.1. The van der Waals surface area contributed by atoms with E-state index in [0.717, 1.165) is 42.7 Å². The zero-order valence-electron chi connectivity index (χ0n) is 16.1. The number of hydrogen-bond donors (Lipinski definition) is 2. The number of hydrogen-bond acceptors (Lipinski definition) is 5. The largest absolute Gasteiger partial charge is 0.497 e. The van der Waals surface area contributed by atoms with Crippen LogP contribution in [0.15, 0.2) is 54.6 Å². The van der Waals surface area contributed by atoms with Crippen LogP contribution in [0.4, 0.5) is 11.6 Å². The Morgan fingerprint density at radius 2 is 1.59 bits per heavy atom. The van der Waals surface area contributed by atoms with Crippen molar-refractivity contribution in [3.8, 4) is 5.75 Å². The van der Waals surface area contributed by atoms with Crippen LogP contribution in [-0.2, 0) is 13.0 Å². The molecule has 140 valence electrons. The third-order valence-corrected chi connectivity index (χ3v) is 4.27. The molecular formula is C22H26N4O. The third kappa shape index (κ3) is 5.71. The van der Waals surface area contributed by atoms with E-state index in [-0.39, 0.29) is 0 Å². The van der Waals surface area contributed by atoms with E-state index < -0.39 is 0 Å². The maximum atomic E-state index is 5.19. The molecule has 3 aromatic rings. The van der Waals surface area contributed by atoms with Crippen molar-refractivity contribution < 1.29 is 4.74 Å².